The lowest BCUT2D eigenvalue weighted by Gasteiger charge is -2.48. The summed E-state index contributed by atoms with van der Waals surface area (Å²) in [5.41, 5.74) is -3.59. The number of alkyl halides is 3. The van der Waals surface area contributed by atoms with Gasteiger partial charge in [-0.2, -0.15) is 5.26 Å². The molecular weight excluding hydrogens is 577 g/mol. The normalized spacial score (nSPS) is 24.1. The minimum absolute atomic E-state index is 0.0145. The van der Waals surface area contributed by atoms with Crippen LogP contribution < -0.4 is 4.90 Å². The molecule has 2 aromatic carbocycles. The standard InChI is InChI=1S/C32H39F3N4O3S/c1-37(30(40)42-2)29-10-6-9-28(29)31(22-36,24-7-4-3-5-8-24)25-15-17-38(18-16-25)19-23-20-39(21-23)26-11-13-27(14-12-26)43(41)32(33,34)35/h3-5,7-8,11-14,23,25,28-29H,6,9-10,15-21H2,1-2H3/t28-,29-,31?,43?/m0/s1. The first kappa shape index (κ1) is 31.5. The van der Waals surface area contributed by atoms with E-state index >= 15 is 0 Å². The molecular formula is C32H39F3N4O3S. The van der Waals surface area contributed by atoms with Gasteiger partial charge in [0.05, 0.1) is 29.8 Å². The Labute approximate surface area is 254 Å². The molecule has 0 bridgehead atoms. The number of ether oxygens (including phenoxy) is 1. The molecule has 7 nitrogen and oxygen atoms in total. The van der Waals surface area contributed by atoms with Gasteiger partial charge in [-0.05, 0) is 74.5 Å². The fraction of sp³-hybridized carbons (Fsp3) is 0.562. The summed E-state index contributed by atoms with van der Waals surface area (Å²) < 4.78 is 54.9. The molecule has 3 aliphatic rings. The largest absolute Gasteiger partial charge is 0.604 e. The third-order valence-corrected chi connectivity index (χ3v) is 10.9. The number of benzene rings is 2. The number of anilines is 1. The zero-order chi connectivity index (χ0) is 30.8. The summed E-state index contributed by atoms with van der Waals surface area (Å²) in [5.74, 6) is 0.621. The number of hydrogen-bond acceptors (Lipinski definition) is 6. The maximum Gasteiger partial charge on any atom is 0.578 e. The Morgan fingerprint density at radius 1 is 1.07 bits per heavy atom. The number of piperidine rings is 1. The Balaban J connectivity index is 1.21. The summed E-state index contributed by atoms with van der Waals surface area (Å²) in [6.45, 7) is 4.34. The molecule has 0 radical (unpaired) electrons. The highest BCUT2D eigenvalue weighted by molar-refractivity contribution is 7.92. The van der Waals surface area contributed by atoms with E-state index in [0.717, 1.165) is 76.1 Å². The van der Waals surface area contributed by atoms with Gasteiger partial charge in [0, 0.05) is 50.2 Å². The number of halogens is 3. The Bertz CT molecular complexity index is 1280. The van der Waals surface area contributed by atoms with Crippen LogP contribution in [-0.4, -0.2) is 78.9 Å². The van der Waals surface area contributed by atoms with Gasteiger partial charge in [0.2, 0.25) is 0 Å². The molecule has 0 N–H and O–H groups in total. The first-order valence-corrected chi connectivity index (χ1v) is 16.1. The number of carbonyl (C=O) groups is 1. The second-order valence-corrected chi connectivity index (χ2v) is 13.6. The summed E-state index contributed by atoms with van der Waals surface area (Å²) in [4.78, 5) is 18.6. The molecule has 2 saturated heterocycles. The van der Waals surface area contributed by atoms with Crippen molar-refractivity contribution >= 4 is 23.0 Å². The second-order valence-electron chi connectivity index (χ2n) is 12.1. The van der Waals surface area contributed by atoms with Crippen molar-refractivity contribution in [3.8, 4) is 6.07 Å². The predicted molar refractivity (Wildman–Crippen MR) is 159 cm³/mol. The first-order chi connectivity index (χ1) is 20.6. The van der Waals surface area contributed by atoms with Crippen molar-refractivity contribution in [3.63, 3.8) is 0 Å². The highest BCUT2D eigenvalue weighted by atomic mass is 32.2. The smallest absolute Gasteiger partial charge is 0.578 e. The van der Waals surface area contributed by atoms with Crippen LogP contribution in [0.5, 0.6) is 0 Å². The molecule has 2 heterocycles. The SMILES string of the molecule is COC(=O)N(C)[C@H]1CCC[C@@H]1C(C#N)(c1ccccc1)C1CCN(CC2CN(c3ccc([S+]([O-])C(F)(F)F)cc3)C2)CC1. The molecule has 0 aromatic heterocycles. The number of hydrogen-bond donors (Lipinski definition) is 0. The summed E-state index contributed by atoms with van der Waals surface area (Å²) in [5, 5.41) is 10.9. The van der Waals surface area contributed by atoms with Gasteiger partial charge < -0.3 is 24.0 Å². The third-order valence-electron chi connectivity index (χ3n) is 9.79. The van der Waals surface area contributed by atoms with Crippen molar-refractivity contribution in [1.82, 2.24) is 9.80 Å². The van der Waals surface area contributed by atoms with Crippen LogP contribution in [-0.2, 0) is 21.3 Å². The molecule has 5 rings (SSSR count). The molecule has 1 saturated carbocycles. The average molecular weight is 617 g/mol. The zero-order valence-corrected chi connectivity index (χ0v) is 25.4. The lowest BCUT2D eigenvalue weighted by atomic mass is 9.59. The quantitative estimate of drug-likeness (QED) is 0.349. The first-order valence-electron chi connectivity index (χ1n) is 14.9. The summed E-state index contributed by atoms with van der Waals surface area (Å²) >= 11 is -3.02. The fourth-order valence-corrected chi connectivity index (χ4v) is 8.32. The molecule has 43 heavy (non-hydrogen) atoms. The van der Waals surface area contributed by atoms with E-state index in [-0.39, 0.29) is 28.9 Å². The topological polar surface area (TPSA) is 82.9 Å². The summed E-state index contributed by atoms with van der Waals surface area (Å²) in [6, 6.07) is 18.7. The predicted octanol–water partition coefficient (Wildman–Crippen LogP) is 5.79. The highest BCUT2D eigenvalue weighted by Crippen LogP contribution is 2.51. The molecule has 0 spiro atoms. The van der Waals surface area contributed by atoms with E-state index in [0.29, 0.717) is 5.92 Å². The fourth-order valence-electron chi connectivity index (χ4n) is 7.67. The minimum atomic E-state index is -4.76. The van der Waals surface area contributed by atoms with Gasteiger partial charge in [0.25, 0.3) is 0 Å². The van der Waals surface area contributed by atoms with Crippen LogP contribution in [0, 0.1) is 29.1 Å². The van der Waals surface area contributed by atoms with E-state index in [1.54, 1.807) is 24.1 Å². The number of likely N-dealkylation sites (tertiary alicyclic amines) is 1. The summed E-state index contributed by atoms with van der Waals surface area (Å²) in [7, 11) is 3.18. The monoisotopic (exact) mass is 616 g/mol. The maximum atomic E-state index is 12.8. The third kappa shape index (κ3) is 6.33. The molecule has 1 amide bonds. The lowest BCUT2D eigenvalue weighted by Crippen LogP contribution is -2.55. The molecule has 4 atom stereocenters. The maximum absolute atomic E-state index is 12.8. The molecule has 3 fully saturated rings. The van der Waals surface area contributed by atoms with E-state index in [9.17, 15) is 27.8 Å². The van der Waals surface area contributed by atoms with Crippen molar-refractivity contribution < 1.29 is 27.3 Å². The molecule has 1 aliphatic carbocycles. The van der Waals surface area contributed by atoms with E-state index < -0.39 is 22.1 Å². The van der Waals surface area contributed by atoms with Crippen LogP contribution >= 0.6 is 0 Å². The van der Waals surface area contributed by atoms with Gasteiger partial charge in [0.1, 0.15) is 0 Å². The Kier molecular flexibility index (Phi) is 9.49. The number of nitrogens with zero attached hydrogens (tertiary/aromatic N) is 4. The van der Waals surface area contributed by atoms with Crippen LogP contribution in [0.1, 0.15) is 37.7 Å². The zero-order valence-electron chi connectivity index (χ0n) is 24.6. The highest BCUT2D eigenvalue weighted by Gasteiger charge is 2.53. The van der Waals surface area contributed by atoms with Crippen molar-refractivity contribution in [3.05, 3.63) is 60.2 Å². The number of amides is 1. The Morgan fingerprint density at radius 3 is 2.30 bits per heavy atom. The van der Waals surface area contributed by atoms with Crippen LogP contribution in [0.2, 0.25) is 0 Å². The van der Waals surface area contributed by atoms with Crippen molar-refractivity contribution in [1.29, 1.82) is 5.26 Å². The molecule has 2 aliphatic heterocycles. The molecule has 2 unspecified atom stereocenters. The average Bonchev–Trinajstić information content (AvgIpc) is 3.49. The van der Waals surface area contributed by atoms with E-state index in [4.69, 9.17) is 4.74 Å². The van der Waals surface area contributed by atoms with Gasteiger partial charge in [-0.25, -0.2) is 4.79 Å². The van der Waals surface area contributed by atoms with Crippen molar-refractivity contribution in [2.45, 2.75) is 54.0 Å². The van der Waals surface area contributed by atoms with Gasteiger partial charge in [-0.15, -0.1) is 13.2 Å². The van der Waals surface area contributed by atoms with Crippen molar-refractivity contribution in [2.75, 3.05) is 51.8 Å². The van der Waals surface area contributed by atoms with Crippen LogP contribution in [0.3, 0.4) is 0 Å². The van der Waals surface area contributed by atoms with Gasteiger partial charge in [-0.3, -0.25) is 0 Å². The molecule has 232 valence electrons. The number of carbonyl (C=O) groups excluding carboxylic acids is 1. The second kappa shape index (κ2) is 13.0. The van der Waals surface area contributed by atoms with E-state index in [2.05, 4.69) is 28.0 Å². The minimum Gasteiger partial charge on any atom is -0.604 e. The van der Waals surface area contributed by atoms with E-state index in [1.807, 2.05) is 18.2 Å². The number of rotatable bonds is 8. The van der Waals surface area contributed by atoms with Crippen LogP contribution in [0.15, 0.2) is 59.5 Å². The molecule has 11 heteroatoms. The van der Waals surface area contributed by atoms with Crippen LogP contribution in [0.4, 0.5) is 23.7 Å². The Hall–Kier alpha value is -2.94. The van der Waals surface area contributed by atoms with Gasteiger partial charge >= 0.3 is 11.6 Å². The van der Waals surface area contributed by atoms with Gasteiger partial charge in [0.15, 0.2) is 4.90 Å². The number of methoxy groups -OCH3 is 1. The lowest BCUT2D eigenvalue weighted by molar-refractivity contribution is -0.0435. The van der Waals surface area contributed by atoms with Gasteiger partial charge in [-0.1, -0.05) is 36.8 Å². The number of nitriles is 1. The summed E-state index contributed by atoms with van der Waals surface area (Å²) in [6.07, 6.45) is 4.12. The van der Waals surface area contributed by atoms with E-state index in [1.165, 1.54) is 19.2 Å². The van der Waals surface area contributed by atoms with Crippen molar-refractivity contribution in [2.24, 2.45) is 17.8 Å². The Morgan fingerprint density at radius 2 is 1.72 bits per heavy atom. The molecule has 2 aromatic rings. The van der Waals surface area contributed by atoms with Crippen LogP contribution in [0.25, 0.3) is 0 Å².